The predicted molar refractivity (Wildman–Crippen MR) is 70.1 cm³/mol. The van der Waals surface area contributed by atoms with Gasteiger partial charge in [-0.3, -0.25) is 0 Å². The van der Waals surface area contributed by atoms with Crippen LogP contribution in [0.1, 0.15) is 25.7 Å². The smallest absolute Gasteiger partial charge is 0.218 e. The summed E-state index contributed by atoms with van der Waals surface area (Å²) in [5.41, 5.74) is 0. The molecule has 2 rings (SSSR count). The van der Waals surface area contributed by atoms with Crippen LogP contribution >= 0.6 is 0 Å². The minimum atomic E-state index is 0.471. The third-order valence-corrected chi connectivity index (χ3v) is 3.27. The van der Waals surface area contributed by atoms with Gasteiger partial charge in [-0.15, -0.1) is 0 Å². The molecule has 1 atom stereocenters. The number of methoxy groups -OCH3 is 1. The lowest BCUT2D eigenvalue weighted by molar-refractivity contribution is 0.103. The molecule has 18 heavy (non-hydrogen) atoms. The molecule has 0 bridgehead atoms. The van der Waals surface area contributed by atoms with Crippen LogP contribution in [-0.4, -0.2) is 43.4 Å². The van der Waals surface area contributed by atoms with Gasteiger partial charge in [0.1, 0.15) is 12.1 Å². The maximum atomic E-state index is 5.61. The monoisotopic (exact) mass is 251 g/mol. The van der Waals surface area contributed by atoms with Crippen LogP contribution in [0.2, 0.25) is 0 Å². The van der Waals surface area contributed by atoms with Gasteiger partial charge in [0.05, 0.1) is 13.2 Å². The van der Waals surface area contributed by atoms with Crippen molar-refractivity contribution in [3.8, 4) is 5.88 Å². The SMILES string of the molecule is COc1cc(N(C)CCCC2CCCO2)ncn1. The fourth-order valence-electron chi connectivity index (χ4n) is 2.19. The van der Waals surface area contributed by atoms with Gasteiger partial charge in [-0.2, -0.15) is 0 Å². The molecule has 0 saturated carbocycles. The van der Waals surface area contributed by atoms with Gasteiger partial charge in [0.15, 0.2) is 0 Å². The van der Waals surface area contributed by atoms with E-state index in [-0.39, 0.29) is 0 Å². The fraction of sp³-hybridized carbons (Fsp3) is 0.692. The molecule has 0 radical (unpaired) electrons. The Morgan fingerprint density at radius 2 is 2.39 bits per heavy atom. The number of hydrogen-bond donors (Lipinski definition) is 0. The van der Waals surface area contributed by atoms with Crippen molar-refractivity contribution in [1.82, 2.24) is 9.97 Å². The minimum Gasteiger partial charge on any atom is -0.481 e. The molecule has 1 aromatic heterocycles. The summed E-state index contributed by atoms with van der Waals surface area (Å²) in [6.45, 7) is 1.91. The van der Waals surface area contributed by atoms with Gasteiger partial charge in [-0.05, 0) is 25.7 Å². The Morgan fingerprint density at radius 3 is 3.11 bits per heavy atom. The van der Waals surface area contributed by atoms with Crippen LogP contribution in [0.5, 0.6) is 5.88 Å². The number of ether oxygens (including phenoxy) is 2. The average molecular weight is 251 g/mol. The Kier molecular flexibility index (Phi) is 4.75. The van der Waals surface area contributed by atoms with Gasteiger partial charge in [0, 0.05) is 26.3 Å². The summed E-state index contributed by atoms with van der Waals surface area (Å²) in [5, 5.41) is 0. The van der Waals surface area contributed by atoms with Crippen LogP contribution in [0.4, 0.5) is 5.82 Å². The lowest BCUT2D eigenvalue weighted by Gasteiger charge is -2.19. The van der Waals surface area contributed by atoms with Crippen molar-refractivity contribution in [2.45, 2.75) is 31.8 Å². The first-order valence-electron chi connectivity index (χ1n) is 6.48. The first-order chi connectivity index (χ1) is 8.79. The molecule has 0 aliphatic carbocycles. The van der Waals surface area contributed by atoms with Gasteiger partial charge < -0.3 is 14.4 Å². The van der Waals surface area contributed by atoms with Crippen LogP contribution in [0.25, 0.3) is 0 Å². The molecule has 0 spiro atoms. The molecular formula is C13H21N3O2. The Hall–Kier alpha value is -1.36. The van der Waals surface area contributed by atoms with Crippen molar-refractivity contribution in [3.05, 3.63) is 12.4 Å². The standard InChI is InChI=1S/C13H21N3O2/c1-16(7-3-5-11-6-4-8-18-11)12-9-13(17-2)15-10-14-12/h9-11H,3-8H2,1-2H3. The first kappa shape index (κ1) is 13.1. The van der Waals surface area contributed by atoms with Crippen LogP contribution in [0.3, 0.4) is 0 Å². The molecule has 2 heterocycles. The average Bonchev–Trinajstić information content (AvgIpc) is 2.92. The van der Waals surface area contributed by atoms with Crippen molar-refractivity contribution < 1.29 is 9.47 Å². The number of anilines is 1. The number of aromatic nitrogens is 2. The van der Waals surface area contributed by atoms with E-state index in [2.05, 4.69) is 14.9 Å². The highest BCUT2D eigenvalue weighted by Crippen LogP contribution is 2.18. The van der Waals surface area contributed by atoms with E-state index in [0.717, 1.165) is 31.8 Å². The number of rotatable bonds is 6. The van der Waals surface area contributed by atoms with Gasteiger partial charge in [-0.25, -0.2) is 9.97 Å². The van der Waals surface area contributed by atoms with Crippen LogP contribution in [0.15, 0.2) is 12.4 Å². The third kappa shape index (κ3) is 3.57. The lowest BCUT2D eigenvalue weighted by atomic mass is 10.1. The van der Waals surface area contributed by atoms with E-state index in [4.69, 9.17) is 9.47 Å². The van der Waals surface area contributed by atoms with Crippen molar-refractivity contribution in [1.29, 1.82) is 0 Å². The second-order valence-electron chi connectivity index (χ2n) is 4.62. The highest BCUT2D eigenvalue weighted by atomic mass is 16.5. The second kappa shape index (κ2) is 6.54. The number of hydrogen-bond acceptors (Lipinski definition) is 5. The summed E-state index contributed by atoms with van der Waals surface area (Å²) in [4.78, 5) is 10.4. The zero-order valence-corrected chi connectivity index (χ0v) is 11.1. The maximum Gasteiger partial charge on any atom is 0.218 e. The second-order valence-corrected chi connectivity index (χ2v) is 4.62. The van der Waals surface area contributed by atoms with Gasteiger partial charge in [-0.1, -0.05) is 0 Å². The molecule has 1 aliphatic heterocycles. The van der Waals surface area contributed by atoms with E-state index in [1.807, 2.05) is 13.1 Å². The third-order valence-electron chi connectivity index (χ3n) is 3.27. The van der Waals surface area contributed by atoms with Crippen molar-refractivity contribution in [2.75, 3.05) is 32.2 Å². The molecule has 5 heteroatoms. The maximum absolute atomic E-state index is 5.61. The molecule has 1 saturated heterocycles. The molecule has 1 fully saturated rings. The highest BCUT2D eigenvalue weighted by molar-refractivity contribution is 5.39. The topological polar surface area (TPSA) is 47.5 Å². The zero-order chi connectivity index (χ0) is 12.8. The number of nitrogens with zero attached hydrogens (tertiary/aromatic N) is 3. The summed E-state index contributed by atoms with van der Waals surface area (Å²) in [6, 6.07) is 1.85. The van der Waals surface area contributed by atoms with E-state index < -0.39 is 0 Å². The normalized spacial score (nSPS) is 18.9. The van der Waals surface area contributed by atoms with Gasteiger partial charge in [0.25, 0.3) is 0 Å². The molecule has 0 amide bonds. The molecule has 5 nitrogen and oxygen atoms in total. The summed E-state index contributed by atoms with van der Waals surface area (Å²) in [5.74, 6) is 1.50. The van der Waals surface area contributed by atoms with Gasteiger partial charge in [0.2, 0.25) is 5.88 Å². The summed E-state index contributed by atoms with van der Waals surface area (Å²) in [7, 11) is 3.65. The predicted octanol–water partition coefficient (Wildman–Crippen LogP) is 1.88. The van der Waals surface area contributed by atoms with Crippen molar-refractivity contribution in [3.63, 3.8) is 0 Å². The molecule has 1 aromatic rings. The van der Waals surface area contributed by atoms with E-state index >= 15 is 0 Å². The molecule has 1 aliphatic rings. The van der Waals surface area contributed by atoms with Gasteiger partial charge >= 0.3 is 0 Å². The Labute approximate surface area is 108 Å². The molecule has 100 valence electrons. The molecule has 0 N–H and O–H groups in total. The van der Waals surface area contributed by atoms with E-state index in [9.17, 15) is 0 Å². The zero-order valence-electron chi connectivity index (χ0n) is 11.1. The van der Waals surface area contributed by atoms with Crippen LogP contribution < -0.4 is 9.64 Å². The summed E-state index contributed by atoms with van der Waals surface area (Å²) in [6.07, 6.45) is 6.68. The van der Waals surface area contributed by atoms with Crippen LogP contribution in [0, 0.1) is 0 Å². The molecule has 0 aromatic carbocycles. The lowest BCUT2D eigenvalue weighted by Crippen LogP contribution is -2.21. The molecule has 1 unspecified atom stereocenters. The van der Waals surface area contributed by atoms with E-state index in [1.54, 1.807) is 7.11 Å². The fourth-order valence-corrected chi connectivity index (χ4v) is 2.19. The summed E-state index contributed by atoms with van der Waals surface area (Å²) >= 11 is 0. The molecular weight excluding hydrogens is 230 g/mol. The highest BCUT2D eigenvalue weighted by Gasteiger charge is 2.15. The van der Waals surface area contributed by atoms with Crippen LogP contribution in [-0.2, 0) is 4.74 Å². The minimum absolute atomic E-state index is 0.471. The Morgan fingerprint density at radius 1 is 1.50 bits per heavy atom. The Balaban J connectivity index is 1.77. The summed E-state index contributed by atoms with van der Waals surface area (Å²) < 4.78 is 10.7. The Bertz CT molecular complexity index is 367. The quantitative estimate of drug-likeness (QED) is 0.772. The van der Waals surface area contributed by atoms with E-state index in [0.29, 0.717) is 12.0 Å². The van der Waals surface area contributed by atoms with E-state index in [1.165, 1.54) is 19.2 Å². The first-order valence-corrected chi connectivity index (χ1v) is 6.48. The largest absolute Gasteiger partial charge is 0.481 e. The van der Waals surface area contributed by atoms with Crippen molar-refractivity contribution in [2.24, 2.45) is 0 Å². The van der Waals surface area contributed by atoms with Crippen molar-refractivity contribution >= 4 is 5.82 Å².